The third-order valence-electron chi connectivity index (χ3n) is 3.82. The minimum absolute atomic E-state index is 0.234. The van der Waals surface area contributed by atoms with Crippen molar-refractivity contribution in [3.8, 4) is 11.1 Å². The number of aryl methyl sites for hydroxylation is 1. The van der Waals surface area contributed by atoms with Crippen molar-refractivity contribution in [3.63, 3.8) is 0 Å². The average Bonchev–Trinajstić information content (AvgIpc) is 3.19. The lowest BCUT2D eigenvalue weighted by Gasteiger charge is -2.05. The molecule has 0 spiro atoms. The number of hydrogen-bond acceptors (Lipinski definition) is 4. The Morgan fingerprint density at radius 2 is 1.86 bits per heavy atom. The van der Waals surface area contributed by atoms with Crippen molar-refractivity contribution in [2.45, 2.75) is 13.5 Å². The maximum atomic E-state index is 12.1. The first kappa shape index (κ1) is 20.9. The van der Waals surface area contributed by atoms with Crippen molar-refractivity contribution < 1.29 is 23.8 Å². The Balaban J connectivity index is 0.000000878. The summed E-state index contributed by atoms with van der Waals surface area (Å²) in [5, 5.41) is 9.69. The lowest BCUT2D eigenvalue weighted by atomic mass is 10.1. The fourth-order valence-corrected chi connectivity index (χ4v) is 2.52. The lowest BCUT2D eigenvalue weighted by molar-refractivity contribution is -0.122. The second-order valence-electron chi connectivity index (χ2n) is 5.97. The fraction of sp³-hybridized carbons (Fsp3) is 0.182. The number of benzene rings is 2. The molecule has 0 aliphatic rings. The van der Waals surface area contributed by atoms with Crippen molar-refractivity contribution >= 4 is 12.4 Å². The fourth-order valence-electron chi connectivity index (χ4n) is 2.52. The normalized spacial score (nSPS) is 9.89. The number of ether oxygens (including phenoxy) is 1. The van der Waals surface area contributed by atoms with Gasteiger partial charge in [-0.3, -0.25) is 9.59 Å². The highest BCUT2D eigenvalue weighted by Gasteiger charge is 2.11. The van der Waals surface area contributed by atoms with Gasteiger partial charge in [0.25, 0.3) is 12.4 Å². The molecule has 0 unspecified atom stereocenters. The Hall–Kier alpha value is -3.38. The van der Waals surface area contributed by atoms with Crippen molar-refractivity contribution in [3.05, 3.63) is 83.8 Å². The van der Waals surface area contributed by atoms with Gasteiger partial charge in [0.2, 0.25) is 0 Å². The van der Waals surface area contributed by atoms with Crippen LogP contribution in [0.2, 0.25) is 0 Å². The quantitative estimate of drug-likeness (QED) is 0.479. The summed E-state index contributed by atoms with van der Waals surface area (Å²) in [4.78, 5) is 20.5. The Morgan fingerprint density at radius 1 is 1.11 bits per heavy atom. The Morgan fingerprint density at radius 3 is 2.57 bits per heavy atom. The van der Waals surface area contributed by atoms with E-state index in [1.807, 2.05) is 55.5 Å². The molecule has 1 amide bonds. The summed E-state index contributed by atoms with van der Waals surface area (Å²) in [6.07, 6.45) is 1.61. The zero-order valence-corrected chi connectivity index (χ0v) is 15.6. The molecule has 0 saturated carbocycles. The van der Waals surface area contributed by atoms with Crippen LogP contribution in [-0.2, 0) is 16.1 Å². The zero-order valence-electron chi connectivity index (χ0n) is 15.6. The van der Waals surface area contributed by atoms with Gasteiger partial charge >= 0.3 is 0 Å². The molecule has 0 radical (unpaired) electrons. The van der Waals surface area contributed by atoms with Gasteiger partial charge in [0.15, 0.2) is 5.76 Å². The topological polar surface area (TPSA) is 88.8 Å². The summed E-state index contributed by atoms with van der Waals surface area (Å²) in [6, 6.07) is 19.8. The van der Waals surface area contributed by atoms with Gasteiger partial charge in [0.1, 0.15) is 0 Å². The van der Waals surface area contributed by atoms with E-state index >= 15 is 0 Å². The number of amides is 1. The van der Waals surface area contributed by atoms with Crippen LogP contribution in [0.15, 0.2) is 71.3 Å². The summed E-state index contributed by atoms with van der Waals surface area (Å²) < 4.78 is 10.9. The molecule has 0 fully saturated rings. The third-order valence-corrected chi connectivity index (χ3v) is 3.82. The molecule has 2 aromatic carbocycles. The van der Waals surface area contributed by atoms with Crippen LogP contribution in [0.5, 0.6) is 0 Å². The van der Waals surface area contributed by atoms with Crippen molar-refractivity contribution in [2.24, 2.45) is 0 Å². The molecule has 6 nitrogen and oxygen atoms in total. The van der Waals surface area contributed by atoms with Gasteiger partial charge < -0.3 is 19.6 Å². The largest absolute Gasteiger partial charge is 0.483 e. The van der Waals surface area contributed by atoms with Crippen molar-refractivity contribution in [1.29, 1.82) is 0 Å². The van der Waals surface area contributed by atoms with Gasteiger partial charge in [-0.05, 0) is 24.1 Å². The summed E-state index contributed by atoms with van der Waals surface area (Å²) in [5.74, 6) is 0.0711. The van der Waals surface area contributed by atoms with E-state index < -0.39 is 0 Å². The van der Waals surface area contributed by atoms with Gasteiger partial charge in [-0.1, -0.05) is 60.2 Å². The highest BCUT2D eigenvalue weighted by molar-refractivity contribution is 5.92. The Kier molecular flexibility index (Phi) is 8.49. The van der Waals surface area contributed by atoms with Gasteiger partial charge in [0, 0.05) is 12.1 Å². The van der Waals surface area contributed by atoms with Gasteiger partial charge in [-0.15, -0.1) is 0 Å². The monoisotopic (exact) mass is 381 g/mol. The standard InChI is InChI=1S/C21H21NO3.CH2O2/c1-16-6-5-9-18(12-16)19-13-20(25-15-19)21(23)22-10-11-24-14-17-7-3-2-4-8-17;2-1-3/h2-9,12-13,15H,10-11,14H2,1H3,(H,22,23);1H,(H,2,3). The van der Waals surface area contributed by atoms with E-state index in [1.54, 1.807) is 12.3 Å². The van der Waals surface area contributed by atoms with Crippen LogP contribution in [0, 0.1) is 6.92 Å². The minimum atomic E-state index is -0.250. The van der Waals surface area contributed by atoms with Crippen LogP contribution < -0.4 is 5.32 Å². The van der Waals surface area contributed by atoms with E-state index in [-0.39, 0.29) is 12.4 Å². The summed E-state index contributed by atoms with van der Waals surface area (Å²) in [6.45, 7) is 3.21. The number of carbonyl (C=O) groups excluding carboxylic acids is 1. The van der Waals surface area contributed by atoms with Crippen LogP contribution in [-0.4, -0.2) is 30.6 Å². The summed E-state index contributed by atoms with van der Waals surface area (Å²) >= 11 is 0. The number of hydrogen-bond donors (Lipinski definition) is 2. The van der Waals surface area contributed by atoms with Crippen molar-refractivity contribution in [1.82, 2.24) is 5.32 Å². The molecule has 3 aromatic rings. The molecule has 2 N–H and O–H groups in total. The Labute approximate surface area is 163 Å². The first-order valence-corrected chi connectivity index (χ1v) is 8.77. The SMILES string of the molecule is Cc1cccc(-c2coc(C(=O)NCCOCc3ccccc3)c2)c1.O=CO. The first-order chi connectivity index (χ1) is 13.6. The van der Waals surface area contributed by atoms with E-state index in [4.69, 9.17) is 19.1 Å². The first-order valence-electron chi connectivity index (χ1n) is 8.77. The van der Waals surface area contributed by atoms with Crippen LogP contribution in [0.1, 0.15) is 21.7 Å². The number of rotatable bonds is 7. The predicted octanol–water partition coefficient (Wildman–Crippen LogP) is 3.90. The molecular formula is C22H23NO5. The summed E-state index contributed by atoms with van der Waals surface area (Å²) in [7, 11) is 0. The second-order valence-corrected chi connectivity index (χ2v) is 5.97. The zero-order chi connectivity index (χ0) is 20.2. The molecule has 0 saturated heterocycles. The smallest absolute Gasteiger partial charge is 0.290 e. The highest BCUT2D eigenvalue weighted by atomic mass is 16.5. The third kappa shape index (κ3) is 6.74. The number of carboxylic acid groups (broad SMARTS) is 1. The Bertz CT molecular complexity index is 873. The molecule has 146 valence electrons. The van der Waals surface area contributed by atoms with E-state index in [2.05, 4.69) is 11.4 Å². The maximum Gasteiger partial charge on any atom is 0.290 e. The molecule has 3 rings (SSSR count). The second kappa shape index (κ2) is 11.4. The minimum Gasteiger partial charge on any atom is -0.483 e. The molecule has 1 heterocycles. The highest BCUT2D eigenvalue weighted by Crippen LogP contribution is 2.22. The van der Waals surface area contributed by atoms with E-state index in [1.165, 1.54) is 5.56 Å². The van der Waals surface area contributed by atoms with Gasteiger partial charge in [0.05, 0.1) is 19.5 Å². The molecule has 0 atom stereocenters. The molecule has 0 bridgehead atoms. The van der Waals surface area contributed by atoms with Crippen LogP contribution in [0.3, 0.4) is 0 Å². The van der Waals surface area contributed by atoms with Gasteiger partial charge in [-0.25, -0.2) is 0 Å². The van der Waals surface area contributed by atoms with Crippen LogP contribution in [0.4, 0.5) is 0 Å². The van der Waals surface area contributed by atoms with Crippen molar-refractivity contribution in [2.75, 3.05) is 13.2 Å². The molecule has 6 heteroatoms. The maximum absolute atomic E-state index is 12.1. The number of carbonyl (C=O) groups is 2. The van der Waals surface area contributed by atoms with Gasteiger partial charge in [-0.2, -0.15) is 0 Å². The predicted molar refractivity (Wildman–Crippen MR) is 106 cm³/mol. The lowest BCUT2D eigenvalue weighted by Crippen LogP contribution is -2.26. The molecule has 28 heavy (non-hydrogen) atoms. The average molecular weight is 381 g/mol. The van der Waals surface area contributed by atoms with E-state index in [0.717, 1.165) is 16.7 Å². The molecule has 0 aliphatic heterocycles. The molecular weight excluding hydrogens is 358 g/mol. The number of furan rings is 1. The van der Waals surface area contributed by atoms with E-state index in [0.29, 0.717) is 25.5 Å². The number of nitrogens with one attached hydrogen (secondary N) is 1. The molecule has 0 aliphatic carbocycles. The van der Waals surface area contributed by atoms with Crippen LogP contribution >= 0.6 is 0 Å². The van der Waals surface area contributed by atoms with E-state index in [9.17, 15) is 4.79 Å². The summed E-state index contributed by atoms with van der Waals surface area (Å²) in [5.41, 5.74) is 4.21. The molecule has 1 aromatic heterocycles. The van der Waals surface area contributed by atoms with Crippen LogP contribution in [0.25, 0.3) is 11.1 Å².